The number of hydrogen-bond acceptors (Lipinski definition) is 2. The third-order valence-corrected chi connectivity index (χ3v) is 4.84. The van der Waals surface area contributed by atoms with Crippen LogP contribution in [0.2, 0.25) is 0 Å². The molecule has 2 nitrogen and oxygen atoms in total. The van der Waals surface area contributed by atoms with Gasteiger partial charge in [0.1, 0.15) is 5.75 Å². The topological polar surface area (TPSA) is 29.5 Å². The van der Waals surface area contributed by atoms with Crippen molar-refractivity contribution in [1.29, 1.82) is 0 Å². The molecule has 1 heterocycles. The van der Waals surface area contributed by atoms with Gasteiger partial charge in [0.15, 0.2) is 0 Å². The smallest absolute Gasteiger partial charge is 0.128 e. The van der Waals surface area contributed by atoms with E-state index in [4.69, 9.17) is 4.74 Å². The minimum absolute atomic E-state index is 0.0665. The van der Waals surface area contributed by atoms with E-state index in [0.29, 0.717) is 0 Å². The molecule has 1 aromatic rings. The van der Waals surface area contributed by atoms with Crippen molar-refractivity contribution in [3.63, 3.8) is 0 Å². The van der Waals surface area contributed by atoms with Crippen LogP contribution >= 0.6 is 0 Å². The van der Waals surface area contributed by atoms with E-state index in [1.165, 1.54) is 5.56 Å². The van der Waals surface area contributed by atoms with Gasteiger partial charge in [-0.1, -0.05) is 32.0 Å². The number of fused-ring (bicyclic) bond motifs is 1. The standard InChI is InChI=1S/C16H22O2/c1-15(2)9-5-10-16(15,17)13-8-3-6-12-7-4-11-18-14(12)13/h3,6,8,17H,4-5,7,9-11H2,1-2H3. The van der Waals surface area contributed by atoms with Crippen molar-refractivity contribution in [3.8, 4) is 5.75 Å². The molecule has 1 saturated carbocycles. The van der Waals surface area contributed by atoms with Crippen LogP contribution in [0.5, 0.6) is 5.75 Å². The maximum absolute atomic E-state index is 11.2. The molecule has 2 aliphatic rings. The van der Waals surface area contributed by atoms with Gasteiger partial charge in [-0.25, -0.2) is 0 Å². The maximum Gasteiger partial charge on any atom is 0.128 e. The van der Waals surface area contributed by atoms with E-state index in [-0.39, 0.29) is 5.41 Å². The van der Waals surface area contributed by atoms with Gasteiger partial charge >= 0.3 is 0 Å². The molecule has 1 aromatic carbocycles. The third-order valence-electron chi connectivity index (χ3n) is 4.84. The summed E-state index contributed by atoms with van der Waals surface area (Å²) in [6.07, 6.45) is 5.16. The normalized spacial score (nSPS) is 29.7. The molecule has 0 aromatic heterocycles. The Morgan fingerprint density at radius 1 is 1.17 bits per heavy atom. The first kappa shape index (κ1) is 12.0. The monoisotopic (exact) mass is 246 g/mol. The van der Waals surface area contributed by atoms with Crippen LogP contribution in [-0.2, 0) is 12.0 Å². The molecule has 98 valence electrons. The van der Waals surface area contributed by atoms with Crippen molar-refractivity contribution in [2.45, 2.75) is 51.6 Å². The van der Waals surface area contributed by atoms with E-state index in [1.807, 2.05) is 0 Å². The molecule has 0 saturated heterocycles. The van der Waals surface area contributed by atoms with E-state index in [9.17, 15) is 5.11 Å². The van der Waals surface area contributed by atoms with E-state index >= 15 is 0 Å². The van der Waals surface area contributed by atoms with Gasteiger partial charge in [-0.15, -0.1) is 0 Å². The minimum atomic E-state index is -0.727. The lowest BCUT2D eigenvalue weighted by Gasteiger charge is -2.39. The maximum atomic E-state index is 11.2. The van der Waals surface area contributed by atoms with Crippen molar-refractivity contribution in [2.24, 2.45) is 5.41 Å². The fourth-order valence-corrected chi connectivity index (χ4v) is 3.55. The molecule has 0 spiro atoms. The summed E-state index contributed by atoms with van der Waals surface area (Å²) in [4.78, 5) is 0. The van der Waals surface area contributed by atoms with Crippen LogP contribution in [0, 0.1) is 5.41 Å². The molecule has 1 atom stereocenters. The fraction of sp³-hybridized carbons (Fsp3) is 0.625. The lowest BCUT2D eigenvalue weighted by Crippen LogP contribution is -2.37. The number of hydrogen-bond donors (Lipinski definition) is 1. The number of benzene rings is 1. The highest BCUT2D eigenvalue weighted by Crippen LogP contribution is 2.54. The molecule has 2 heteroatoms. The van der Waals surface area contributed by atoms with E-state index < -0.39 is 5.60 Å². The van der Waals surface area contributed by atoms with E-state index in [0.717, 1.165) is 50.0 Å². The van der Waals surface area contributed by atoms with Crippen molar-refractivity contribution in [1.82, 2.24) is 0 Å². The Morgan fingerprint density at radius 3 is 2.72 bits per heavy atom. The lowest BCUT2D eigenvalue weighted by atomic mass is 9.72. The number of aliphatic hydroxyl groups is 1. The first-order chi connectivity index (χ1) is 8.55. The predicted molar refractivity (Wildman–Crippen MR) is 71.8 cm³/mol. The summed E-state index contributed by atoms with van der Waals surface area (Å²) in [6, 6.07) is 6.25. The summed E-state index contributed by atoms with van der Waals surface area (Å²) in [5, 5.41) is 11.2. The molecule has 0 amide bonds. The Morgan fingerprint density at radius 2 is 2.00 bits per heavy atom. The largest absolute Gasteiger partial charge is 0.493 e. The molecule has 3 rings (SSSR count). The van der Waals surface area contributed by atoms with Crippen LogP contribution in [0.15, 0.2) is 18.2 Å². The zero-order valence-corrected chi connectivity index (χ0v) is 11.3. The van der Waals surface area contributed by atoms with Crippen molar-refractivity contribution < 1.29 is 9.84 Å². The van der Waals surface area contributed by atoms with Gasteiger partial charge < -0.3 is 9.84 Å². The van der Waals surface area contributed by atoms with Crippen LogP contribution in [0.3, 0.4) is 0 Å². The minimum Gasteiger partial charge on any atom is -0.493 e. The van der Waals surface area contributed by atoms with Gasteiger partial charge in [0.05, 0.1) is 12.2 Å². The third kappa shape index (κ3) is 1.58. The Hall–Kier alpha value is -1.02. The van der Waals surface area contributed by atoms with E-state index in [2.05, 4.69) is 32.0 Å². The predicted octanol–water partition coefficient (Wildman–Crippen LogP) is 3.41. The quantitative estimate of drug-likeness (QED) is 0.823. The summed E-state index contributed by atoms with van der Waals surface area (Å²) in [5.41, 5.74) is 1.48. The zero-order valence-electron chi connectivity index (χ0n) is 11.3. The summed E-state index contributed by atoms with van der Waals surface area (Å²) in [5.74, 6) is 0.959. The Bertz CT molecular complexity index is 464. The highest BCUT2D eigenvalue weighted by Gasteiger charge is 2.50. The molecule has 1 aliphatic carbocycles. The van der Waals surface area contributed by atoms with Gasteiger partial charge in [0.25, 0.3) is 0 Å². The first-order valence-corrected chi connectivity index (χ1v) is 7.02. The molecule has 0 bridgehead atoms. The molecule has 1 N–H and O–H groups in total. The summed E-state index contributed by atoms with van der Waals surface area (Å²) in [7, 11) is 0. The number of rotatable bonds is 1. The van der Waals surface area contributed by atoms with Crippen molar-refractivity contribution in [3.05, 3.63) is 29.3 Å². The fourth-order valence-electron chi connectivity index (χ4n) is 3.55. The van der Waals surface area contributed by atoms with Crippen molar-refractivity contribution in [2.75, 3.05) is 6.61 Å². The van der Waals surface area contributed by atoms with Gasteiger partial charge in [-0.05, 0) is 43.1 Å². The second-order valence-corrected chi connectivity index (χ2v) is 6.34. The average Bonchev–Trinajstić information content (AvgIpc) is 2.64. The van der Waals surface area contributed by atoms with E-state index in [1.54, 1.807) is 0 Å². The van der Waals surface area contributed by atoms with Crippen LogP contribution < -0.4 is 4.74 Å². The Labute approximate surface area is 109 Å². The Balaban J connectivity index is 2.12. The number of aryl methyl sites for hydroxylation is 1. The Kier molecular flexibility index (Phi) is 2.67. The molecule has 1 aliphatic heterocycles. The van der Waals surface area contributed by atoms with Gasteiger partial charge in [-0.3, -0.25) is 0 Å². The second kappa shape index (κ2) is 3.99. The number of ether oxygens (including phenoxy) is 1. The van der Waals surface area contributed by atoms with Gasteiger partial charge in [0, 0.05) is 5.56 Å². The summed E-state index contributed by atoms with van der Waals surface area (Å²) >= 11 is 0. The lowest BCUT2D eigenvalue weighted by molar-refractivity contribution is -0.0507. The molecular weight excluding hydrogens is 224 g/mol. The van der Waals surface area contributed by atoms with Crippen LogP contribution in [0.25, 0.3) is 0 Å². The van der Waals surface area contributed by atoms with Gasteiger partial charge in [-0.2, -0.15) is 0 Å². The molecule has 18 heavy (non-hydrogen) atoms. The van der Waals surface area contributed by atoms with Crippen LogP contribution in [0.4, 0.5) is 0 Å². The molecule has 1 unspecified atom stereocenters. The number of para-hydroxylation sites is 1. The molecule has 1 fully saturated rings. The SMILES string of the molecule is CC1(C)CCCC1(O)c1cccc2c1OCCC2. The van der Waals surface area contributed by atoms with Crippen LogP contribution in [-0.4, -0.2) is 11.7 Å². The molecule has 0 radical (unpaired) electrons. The highest BCUT2D eigenvalue weighted by molar-refractivity contribution is 5.47. The second-order valence-electron chi connectivity index (χ2n) is 6.34. The average molecular weight is 246 g/mol. The highest BCUT2D eigenvalue weighted by atomic mass is 16.5. The summed E-state index contributed by atoms with van der Waals surface area (Å²) in [6.45, 7) is 5.12. The molecular formula is C16H22O2. The van der Waals surface area contributed by atoms with Crippen LogP contribution in [0.1, 0.15) is 50.7 Å². The zero-order chi connectivity index (χ0) is 12.8. The van der Waals surface area contributed by atoms with Crippen molar-refractivity contribution >= 4 is 0 Å². The summed E-state index contributed by atoms with van der Waals surface area (Å²) < 4.78 is 5.87. The van der Waals surface area contributed by atoms with Gasteiger partial charge in [0.2, 0.25) is 0 Å². The first-order valence-electron chi connectivity index (χ1n) is 7.02.